The number of rotatable bonds is 9. The zero-order valence-corrected chi connectivity index (χ0v) is 17.1. The summed E-state index contributed by atoms with van der Waals surface area (Å²) in [5.74, 6) is 0.563. The fraction of sp³-hybridized carbons (Fsp3) is 0.480. The summed E-state index contributed by atoms with van der Waals surface area (Å²) >= 11 is 0. The van der Waals surface area contributed by atoms with Gasteiger partial charge in [-0.1, -0.05) is 61.7 Å². The van der Waals surface area contributed by atoms with Gasteiger partial charge in [0.2, 0.25) is 0 Å². The summed E-state index contributed by atoms with van der Waals surface area (Å²) in [5, 5.41) is 0. The van der Waals surface area contributed by atoms with Gasteiger partial charge in [-0.15, -0.1) is 0 Å². The molecule has 0 aliphatic heterocycles. The number of carbonyl (C=O) groups excluding carboxylic acids is 1. The third-order valence-electron chi connectivity index (χ3n) is 5.80. The molecule has 0 atom stereocenters. The molecule has 0 unspecified atom stereocenters. The minimum Gasteiger partial charge on any atom is -0.465 e. The molecule has 0 aromatic heterocycles. The highest BCUT2D eigenvalue weighted by Gasteiger charge is 2.17. The maximum absolute atomic E-state index is 11.7. The number of methoxy groups -OCH3 is 1. The van der Waals surface area contributed by atoms with Crippen molar-refractivity contribution in [2.45, 2.75) is 51.5 Å². The molecule has 3 heteroatoms. The van der Waals surface area contributed by atoms with Crippen LogP contribution in [-0.4, -0.2) is 31.1 Å². The van der Waals surface area contributed by atoms with Crippen LogP contribution in [-0.2, 0) is 17.7 Å². The Balaban J connectivity index is 1.58. The predicted octanol–water partition coefficient (Wildman–Crippen LogP) is 5.49. The first-order valence-electron chi connectivity index (χ1n) is 10.7. The Kier molecular flexibility index (Phi) is 8.10. The Labute approximate surface area is 169 Å². The molecule has 0 N–H and O–H groups in total. The third kappa shape index (κ3) is 6.49. The zero-order chi connectivity index (χ0) is 19.6. The molecule has 0 amide bonds. The van der Waals surface area contributed by atoms with E-state index < -0.39 is 0 Å². The molecule has 28 heavy (non-hydrogen) atoms. The van der Waals surface area contributed by atoms with E-state index in [1.165, 1.54) is 63.3 Å². The van der Waals surface area contributed by atoms with Crippen molar-refractivity contribution in [1.29, 1.82) is 0 Å². The van der Waals surface area contributed by atoms with E-state index in [9.17, 15) is 4.79 Å². The lowest BCUT2D eigenvalue weighted by atomic mass is 9.89. The summed E-state index contributed by atoms with van der Waals surface area (Å²) in [4.78, 5) is 14.3. The smallest absolute Gasteiger partial charge is 0.337 e. The van der Waals surface area contributed by atoms with Crippen molar-refractivity contribution >= 4 is 5.97 Å². The molecule has 2 aromatic rings. The molecule has 0 saturated heterocycles. The highest BCUT2D eigenvalue weighted by Crippen LogP contribution is 2.25. The Hall–Kier alpha value is -2.13. The maximum atomic E-state index is 11.7. The van der Waals surface area contributed by atoms with E-state index in [0.29, 0.717) is 5.56 Å². The summed E-state index contributed by atoms with van der Waals surface area (Å²) in [6.07, 6.45) is 9.22. The summed E-state index contributed by atoms with van der Waals surface area (Å²) in [7, 11) is 1.43. The lowest BCUT2D eigenvalue weighted by Gasteiger charge is -2.30. The second-order valence-corrected chi connectivity index (χ2v) is 8.02. The van der Waals surface area contributed by atoms with Gasteiger partial charge in [-0.3, -0.25) is 4.90 Å². The van der Waals surface area contributed by atoms with Crippen molar-refractivity contribution in [1.82, 2.24) is 4.90 Å². The minimum absolute atomic E-state index is 0.270. The summed E-state index contributed by atoms with van der Waals surface area (Å²) < 4.78 is 4.80. The molecule has 1 aliphatic rings. The van der Waals surface area contributed by atoms with Crippen molar-refractivity contribution in [3.8, 4) is 0 Å². The number of benzene rings is 2. The lowest BCUT2D eigenvalue weighted by Crippen LogP contribution is -2.31. The average Bonchev–Trinajstić information content (AvgIpc) is 2.75. The van der Waals surface area contributed by atoms with E-state index in [1.54, 1.807) is 0 Å². The van der Waals surface area contributed by atoms with Crippen LogP contribution in [0.25, 0.3) is 0 Å². The van der Waals surface area contributed by atoms with E-state index in [0.717, 1.165) is 25.4 Å². The van der Waals surface area contributed by atoms with Gasteiger partial charge in [-0.2, -0.15) is 0 Å². The normalized spacial score (nSPS) is 14.9. The number of ether oxygens (including phenoxy) is 1. The van der Waals surface area contributed by atoms with Crippen LogP contribution in [0.1, 0.15) is 60.0 Å². The van der Waals surface area contributed by atoms with E-state index >= 15 is 0 Å². The largest absolute Gasteiger partial charge is 0.465 e. The molecule has 1 fully saturated rings. The van der Waals surface area contributed by atoms with Gasteiger partial charge in [0.05, 0.1) is 12.7 Å². The summed E-state index contributed by atoms with van der Waals surface area (Å²) in [6.45, 7) is 3.25. The first-order valence-corrected chi connectivity index (χ1v) is 10.7. The standard InChI is InChI=1S/C25H33NO2/c1-28-25(27)24-16-14-23(15-17-24)20-26(19-22-11-6-3-7-12-22)18-8-13-21-9-4-2-5-10-21/h2,4-5,9-10,14-17,22H,3,6-8,11-13,18-20H2,1H3. The average molecular weight is 380 g/mol. The molecule has 3 rings (SSSR count). The first-order chi connectivity index (χ1) is 13.7. The van der Waals surface area contributed by atoms with E-state index in [-0.39, 0.29) is 5.97 Å². The van der Waals surface area contributed by atoms with Crippen LogP contribution in [0.2, 0.25) is 0 Å². The number of nitrogens with zero attached hydrogens (tertiary/aromatic N) is 1. The predicted molar refractivity (Wildman–Crippen MR) is 114 cm³/mol. The van der Waals surface area contributed by atoms with Crippen molar-refractivity contribution in [2.75, 3.05) is 20.2 Å². The van der Waals surface area contributed by atoms with Crippen LogP contribution in [0.4, 0.5) is 0 Å². The highest BCUT2D eigenvalue weighted by molar-refractivity contribution is 5.89. The number of hydrogen-bond acceptors (Lipinski definition) is 3. The van der Waals surface area contributed by atoms with Crippen LogP contribution in [0.3, 0.4) is 0 Å². The quantitative estimate of drug-likeness (QED) is 0.540. The van der Waals surface area contributed by atoms with Crippen LogP contribution >= 0.6 is 0 Å². The second-order valence-electron chi connectivity index (χ2n) is 8.02. The van der Waals surface area contributed by atoms with Crippen molar-refractivity contribution in [3.63, 3.8) is 0 Å². The lowest BCUT2D eigenvalue weighted by molar-refractivity contribution is 0.0600. The van der Waals surface area contributed by atoms with Crippen LogP contribution in [0, 0.1) is 5.92 Å². The SMILES string of the molecule is COC(=O)c1ccc(CN(CCCc2ccccc2)CC2CCCCC2)cc1. The Morgan fingerprint density at radius 2 is 1.68 bits per heavy atom. The molecule has 0 heterocycles. The number of esters is 1. The van der Waals surface area contributed by atoms with Gasteiger partial charge in [0.1, 0.15) is 0 Å². The molecule has 2 aromatic carbocycles. The van der Waals surface area contributed by atoms with Crippen molar-refractivity contribution in [3.05, 3.63) is 71.3 Å². The molecule has 1 saturated carbocycles. The molecule has 0 spiro atoms. The fourth-order valence-electron chi connectivity index (χ4n) is 4.24. The van der Waals surface area contributed by atoms with Gasteiger partial charge >= 0.3 is 5.97 Å². The van der Waals surface area contributed by atoms with E-state index in [2.05, 4.69) is 47.4 Å². The first kappa shape index (κ1) is 20.6. The van der Waals surface area contributed by atoms with Gasteiger partial charge in [0.25, 0.3) is 0 Å². The van der Waals surface area contributed by atoms with Crippen LogP contribution in [0.15, 0.2) is 54.6 Å². The second kappa shape index (κ2) is 11.0. The highest BCUT2D eigenvalue weighted by atomic mass is 16.5. The molecule has 3 nitrogen and oxygen atoms in total. The monoisotopic (exact) mass is 379 g/mol. The topological polar surface area (TPSA) is 29.5 Å². The Bertz CT molecular complexity index is 705. The van der Waals surface area contributed by atoms with Gasteiger partial charge < -0.3 is 4.74 Å². The van der Waals surface area contributed by atoms with Crippen molar-refractivity contribution in [2.24, 2.45) is 5.92 Å². The van der Waals surface area contributed by atoms with Gasteiger partial charge in [-0.25, -0.2) is 4.79 Å². The molecule has 0 radical (unpaired) electrons. The molecule has 1 aliphatic carbocycles. The molecular formula is C25H33NO2. The summed E-state index contributed by atoms with van der Waals surface area (Å²) in [6, 6.07) is 18.7. The summed E-state index contributed by atoms with van der Waals surface area (Å²) in [5.41, 5.74) is 3.31. The fourth-order valence-corrected chi connectivity index (χ4v) is 4.24. The Morgan fingerprint density at radius 3 is 2.36 bits per heavy atom. The maximum Gasteiger partial charge on any atom is 0.337 e. The van der Waals surface area contributed by atoms with Crippen LogP contribution < -0.4 is 0 Å². The van der Waals surface area contributed by atoms with E-state index in [1.807, 2.05) is 12.1 Å². The number of hydrogen-bond donors (Lipinski definition) is 0. The molecular weight excluding hydrogens is 346 g/mol. The number of aryl methyl sites for hydroxylation is 1. The third-order valence-corrected chi connectivity index (χ3v) is 5.80. The van der Waals surface area contributed by atoms with Gasteiger partial charge in [-0.05, 0) is 61.4 Å². The van der Waals surface area contributed by atoms with Gasteiger partial charge in [0.15, 0.2) is 0 Å². The van der Waals surface area contributed by atoms with Crippen molar-refractivity contribution < 1.29 is 9.53 Å². The Morgan fingerprint density at radius 1 is 0.964 bits per heavy atom. The molecule has 0 bridgehead atoms. The minimum atomic E-state index is -0.270. The molecule has 150 valence electrons. The van der Waals surface area contributed by atoms with Gasteiger partial charge in [0, 0.05) is 13.1 Å². The van der Waals surface area contributed by atoms with Crippen LogP contribution in [0.5, 0.6) is 0 Å². The zero-order valence-electron chi connectivity index (χ0n) is 17.1. The number of carbonyl (C=O) groups is 1. The van der Waals surface area contributed by atoms with E-state index in [4.69, 9.17) is 4.74 Å².